The van der Waals surface area contributed by atoms with Crippen LogP contribution >= 0.6 is 23.2 Å². The van der Waals surface area contributed by atoms with Crippen molar-refractivity contribution in [3.63, 3.8) is 0 Å². The smallest absolute Gasteiger partial charge is 0.269 e. The molecule has 2 aromatic carbocycles. The van der Waals surface area contributed by atoms with Gasteiger partial charge in [-0.05, 0) is 12.5 Å². The number of amides is 1. The highest BCUT2D eigenvalue weighted by atomic mass is 35.5. The lowest BCUT2D eigenvalue weighted by Crippen LogP contribution is -2.31. The number of rotatable bonds is 5. The lowest BCUT2D eigenvalue weighted by atomic mass is 9.98. The number of anilines is 1. The van der Waals surface area contributed by atoms with Gasteiger partial charge in [-0.25, -0.2) is 0 Å². The monoisotopic (exact) mass is 378 g/mol. The van der Waals surface area contributed by atoms with E-state index in [0.717, 1.165) is 6.42 Å². The molecule has 5 nitrogen and oxygen atoms in total. The molecule has 25 heavy (non-hydrogen) atoms. The number of carbonyl (C=O) groups excluding carboxylic acids is 1. The first-order valence-electron chi connectivity index (χ1n) is 7.75. The van der Waals surface area contributed by atoms with Crippen LogP contribution in [0, 0.1) is 0 Å². The molecule has 0 spiro atoms. The molecule has 2 rings (SSSR count). The van der Waals surface area contributed by atoms with Crippen LogP contribution in [0.2, 0.25) is 10.0 Å². The second kappa shape index (κ2) is 8.14. The maximum Gasteiger partial charge on any atom is 0.269 e. The average Bonchev–Trinajstić information content (AvgIpc) is 2.61. The highest BCUT2D eigenvalue weighted by molar-refractivity contribution is 6.43. The van der Waals surface area contributed by atoms with Crippen LogP contribution in [0.4, 0.5) is 5.69 Å². The minimum atomic E-state index is -0.426. The van der Waals surface area contributed by atoms with Crippen LogP contribution < -0.4 is 22.5 Å². The normalized spacial score (nSPS) is 11.8. The van der Waals surface area contributed by atoms with Crippen molar-refractivity contribution in [1.29, 1.82) is 0 Å². The van der Waals surface area contributed by atoms with Crippen LogP contribution in [0.15, 0.2) is 42.1 Å². The Labute approximate surface area is 156 Å². The summed E-state index contributed by atoms with van der Waals surface area (Å²) >= 11 is 12.4. The van der Waals surface area contributed by atoms with E-state index in [-0.39, 0.29) is 11.4 Å². The van der Waals surface area contributed by atoms with Gasteiger partial charge in [0.1, 0.15) is 5.70 Å². The Morgan fingerprint density at radius 2 is 1.72 bits per heavy atom. The molecule has 0 atom stereocenters. The standard InChI is InChI=1S/C18H20Cl2N4O/c1-2-9-24-18(25)17(23)16(22)12-7-3-6-11(15(12)21)10-5-4-8-13(19)14(10)20/h3-8H,2,9,21-23H2,1H3,(H,24,25)/b17-16+. The van der Waals surface area contributed by atoms with Crippen molar-refractivity contribution in [1.82, 2.24) is 5.32 Å². The van der Waals surface area contributed by atoms with Gasteiger partial charge in [-0.1, -0.05) is 60.5 Å². The molecule has 0 aliphatic carbocycles. The molecular formula is C18H20Cl2N4O. The Bertz CT molecular complexity index is 834. The van der Waals surface area contributed by atoms with Crippen molar-refractivity contribution in [2.75, 3.05) is 12.3 Å². The molecule has 2 aromatic rings. The first-order valence-corrected chi connectivity index (χ1v) is 8.50. The zero-order chi connectivity index (χ0) is 18.6. The van der Waals surface area contributed by atoms with Crippen molar-refractivity contribution in [3.05, 3.63) is 57.7 Å². The van der Waals surface area contributed by atoms with Crippen LogP contribution in [0.1, 0.15) is 18.9 Å². The zero-order valence-electron chi connectivity index (χ0n) is 13.8. The van der Waals surface area contributed by atoms with E-state index in [4.69, 9.17) is 40.4 Å². The van der Waals surface area contributed by atoms with Gasteiger partial charge in [0.2, 0.25) is 0 Å². The van der Waals surface area contributed by atoms with Crippen molar-refractivity contribution in [2.24, 2.45) is 11.5 Å². The van der Waals surface area contributed by atoms with Gasteiger partial charge in [0, 0.05) is 28.9 Å². The lowest BCUT2D eigenvalue weighted by molar-refractivity contribution is -0.117. The molecule has 0 saturated carbocycles. The summed E-state index contributed by atoms with van der Waals surface area (Å²) in [4.78, 5) is 12.0. The van der Waals surface area contributed by atoms with Gasteiger partial charge in [-0.3, -0.25) is 4.79 Å². The number of benzene rings is 2. The lowest BCUT2D eigenvalue weighted by Gasteiger charge is -2.15. The van der Waals surface area contributed by atoms with Gasteiger partial charge in [0.05, 0.1) is 15.7 Å². The Balaban J connectivity index is 2.51. The molecule has 0 aliphatic heterocycles. The molecule has 132 valence electrons. The molecule has 7 N–H and O–H groups in total. The van der Waals surface area contributed by atoms with Gasteiger partial charge in [0.15, 0.2) is 0 Å². The maximum absolute atomic E-state index is 12.0. The van der Waals surface area contributed by atoms with Crippen LogP contribution in [-0.2, 0) is 4.79 Å². The number of hydrogen-bond donors (Lipinski definition) is 4. The number of para-hydroxylation sites is 1. The summed E-state index contributed by atoms with van der Waals surface area (Å²) in [5.41, 5.74) is 20.5. The molecule has 0 aliphatic rings. The third-order valence-electron chi connectivity index (χ3n) is 3.71. The Hall–Kier alpha value is -2.37. The maximum atomic E-state index is 12.0. The summed E-state index contributed by atoms with van der Waals surface area (Å²) in [6, 6.07) is 10.5. The Kier molecular flexibility index (Phi) is 6.17. The Morgan fingerprint density at radius 1 is 1.08 bits per heavy atom. The highest BCUT2D eigenvalue weighted by Gasteiger charge is 2.16. The third kappa shape index (κ3) is 4.00. The topological polar surface area (TPSA) is 107 Å². The number of halogens is 2. The van der Waals surface area contributed by atoms with E-state index in [1.165, 1.54) is 0 Å². The second-order valence-corrected chi connectivity index (χ2v) is 6.24. The molecule has 0 heterocycles. The zero-order valence-corrected chi connectivity index (χ0v) is 15.3. The van der Waals surface area contributed by atoms with Crippen LogP contribution in [-0.4, -0.2) is 12.5 Å². The number of nitrogen functional groups attached to an aromatic ring is 1. The van der Waals surface area contributed by atoms with Crippen LogP contribution in [0.25, 0.3) is 16.8 Å². The minimum Gasteiger partial charge on any atom is -0.398 e. The molecule has 0 radical (unpaired) electrons. The van der Waals surface area contributed by atoms with Crippen molar-refractivity contribution >= 4 is 40.5 Å². The van der Waals surface area contributed by atoms with E-state index in [9.17, 15) is 4.79 Å². The number of hydrogen-bond acceptors (Lipinski definition) is 4. The van der Waals surface area contributed by atoms with Gasteiger partial charge in [-0.2, -0.15) is 0 Å². The van der Waals surface area contributed by atoms with E-state index in [1.807, 2.05) is 6.92 Å². The largest absolute Gasteiger partial charge is 0.398 e. The average molecular weight is 379 g/mol. The predicted molar refractivity (Wildman–Crippen MR) is 105 cm³/mol. The van der Waals surface area contributed by atoms with E-state index in [0.29, 0.717) is 39.0 Å². The van der Waals surface area contributed by atoms with Crippen molar-refractivity contribution < 1.29 is 4.79 Å². The minimum absolute atomic E-state index is 0.0745. The van der Waals surface area contributed by atoms with Crippen molar-refractivity contribution in [2.45, 2.75) is 13.3 Å². The summed E-state index contributed by atoms with van der Waals surface area (Å²) in [6.07, 6.45) is 0.795. The molecule has 0 bridgehead atoms. The molecule has 0 saturated heterocycles. The molecule has 0 fully saturated rings. The highest BCUT2D eigenvalue weighted by Crippen LogP contribution is 2.38. The number of carbonyl (C=O) groups is 1. The SMILES string of the molecule is CCCNC(=O)/C(N)=C(\N)c1cccc(-c2cccc(Cl)c2Cl)c1N. The molecule has 7 heteroatoms. The van der Waals surface area contributed by atoms with Gasteiger partial charge >= 0.3 is 0 Å². The summed E-state index contributed by atoms with van der Waals surface area (Å²) in [7, 11) is 0. The predicted octanol–water partition coefficient (Wildman–Crippen LogP) is 3.35. The first-order chi connectivity index (χ1) is 11.9. The third-order valence-corrected chi connectivity index (χ3v) is 4.53. The summed E-state index contributed by atoms with van der Waals surface area (Å²) in [5, 5.41) is 3.50. The fourth-order valence-corrected chi connectivity index (χ4v) is 2.75. The number of nitrogens with one attached hydrogen (secondary N) is 1. The van der Waals surface area contributed by atoms with Gasteiger partial charge < -0.3 is 22.5 Å². The van der Waals surface area contributed by atoms with E-state index < -0.39 is 5.91 Å². The molecule has 0 aromatic heterocycles. The van der Waals surface area contributed by atoms with Crippen LogP contribution in [0.3, 0.4) is 0 Å². The fourth-order valence-electron chi connectivity index (χ4n) is 2.35. The first kappa shape index (κ1) is 19.0. The van der Waals surface area contributed by atoms with Crippen molar-refractivity contribution in [3.8, 4) is 11.1 Å². The van der Waals surface area contributed by atoms with Gasteiger partial charge in [0.25, 0.3) is 5.91 Å². The summed E-state index contributed by atoms with van der Waals surface area (Å²) in [6.45, 7) is 2.46. The summed E-state index contributed by atoms with van der Waals surface area (Å²) < 4.78 is 0. The molecule has 0 unspecified atom stereocenters. The number of nitrogens with two attached hydrogens (primary N) is 3. The van der Waals surface area contributed by atoms with E-state index >= 15 is 0 Å². The summed E-state index contributed by atoms with van der Waals surface area (Å²) in [5.74, 6) is -0.426. The molecule has 1 amide bonds. The fraction of sp³-hybridized carbons (Fsp3) is 0.167. The van der Waals surface area contributed by atoms with E-state index in [2.05, 4.69) is 5.32 Å². The van der Waals surface area contributed by atoms with Gasteiger partial charge in [-0.15, -0.1) is 0 Å². The van der Waals surface area contributed by atoms with Crippen LogP contribution in [0.5, 0.6) is 0 Å². The second-order valence-electron chi connectivity index (χ2n) is 5.45. The Morgan fingerprint density at radius 3 is 2.40 bits per heavy atom. The quantitative estimate of drug-likeness (QED) is 0.472. The molecular weight excluding hydrogens is 359 g/mol. The van der Waals surface area contributed by atoms with E-state index in [1.54, 1.807) is 36.4 Å².